The van der Waals surface area contributed by atoms with Gasteiger partial charge in [0.05, 0.1) is 6.61 Å². The predicted octanol–water partition coefficient (Wildman–Crippen LogP) is 3.98. The second-order valence-electron chi connectivity index (χ2n) is 7.91. The first-order valence-corrected chi connectivity index (χ1v) is 8.85. The molecule has 5 heteroatoms. The van der Waals surface area contributed by atoms with E-state index in [0.29, 0.717) is 30.9 Å². The van der Waals surface area contributed by atoms with Crippen molar-refractivity contribution in [3.63, 3.8) is 0 Å². The number of carbonyl (C=O) groups excluding carboxylic acids is 2. The summed E-state index contributed by atoms with van der Waals surface area (Å²) >= 11 is 0. The van der Waals surface area contributed by atoms with Crippen LogP contribution < -0.4 is 10.2 Å². The Balaban J connectivity index is 1.90. The quantitative estimate of drug-likeness (QED) is 0.794. The maximum Gasteiger partial charge on any atom is 0.271 e. The van der Waals surface area contributed by atoms with Crippen LogP contribution in [0, 0.1) is 11.3 Å². The number of amides is 1. The van der Waals surface area contributed by atoms with Gasteiger partial charge in [0.15, 0.2) is 0 Å². The molecule has 1 fully saturated rings. The number of ketones is 1. The molecule has 0 heterocycles. The zero-order valence-corrected chi connectivity index (χ0v) is 15.6. The van der Waals surface area contributed by atoms with Crippen molar-refractivity contribution >= 4 is 17.4 Å². The summed E-state index contributed by atoms with van der Waals surface area (Å²) in [5.41, 5.74) is 3.73. The van der Waals surface area contributed by atoms with Gasteiger partial charge in [-0.3, -0.25) is 9.59 Å². The molecular weight excluding hydrogens is 316 g/mol. The molecule has 1 aromatic rings. The van der Waals surface area contributed by atoms with Gasteiger partial charge in [0.1, 0.15) is 11.5 Å². The Kier molecular flexibility index (Phi) is 6.34. The summed E-state index contributed by atoms with van der Waals surface area (Å²) in [7, 11) is 0. The van der Waals surface area contributed by atoms with Crippen LogP contribution >= 0.6 is 0 Å². The monoisotopic (exact) mass is 344 g/mol. The van der Waals surface area contributed by atoms with Gasteiger partial charge in [0.2, 0.25) is 0 Å². The van der Waals surface area contributed by atoms with Gasteiger partial charge < -0.3 is 4.74 Å². The number of rotatable bonds is 6. The van der Waals surface area contributed by atoms with Gasteiger partial charge >= 0.3 is 0 Å². The molecule has 25 heavy (non-hydrogen) atoms. The normalized spacial score (nSPS) is 18.4. The molecule has 0 aliphatic heterocycles. The van der Waals surface area contributed by atoms with E-state index in [-0.39, 0.29) is 17.1 Å². The van der Waals surface area contributed by atoms with Crippen LogP contribution in [-0.4, -0.2) is 24.0 Å². The molecule has 1 N–H and O–H groups in total. The van der Waals surface area contributed by atoms with Crippen LogP contribution in [0.5, 0.6) is 5.75 Å². The SMILES string of the molecule is CC(C)CCOc1ccc(C(=O)N/N=C2\CC(=O)CC(C)(C)C2)cc1. The summed E-state index contributed by atoms with van der Waals surface area (Å²) in [6, 6.07) is 7.01. The molecule has 0 atom stereocenters. The minimum atomic E-state index is -0.281. The largest absolute Gasteiger partial charge is 0.494 e. The number of hydrogen-bond donors (Lipinski definition) is 1. The maximum absolute atomic E-state index is 12.2. The summed E-state index contributed by atoms with van der Waals surface area (Å²) in [4.78, 5) is 24.0. The first-order valence-electron chi connectivity index (χ1n) is 8.85. The molecule has 1 aliphatic carbocycles. The third-order valence-electron chi connectivity index (χ3n) is 4.16. The van der Waals surface area contributed by atoms with Crippen molar-refractivity contribution in [2.24, 2.45) is 16.4 Å². The molecule has 1 aromatic carbocycles. The van der Waals surface area contributed by atoms with E-state index in [9.17, 15) is 9.59 Å². The Morgan fingerprint density at radius 3 is 2.52 bits per heavy atom. The molecule has 0 unspecified atom stereocenters. The van der Waals surface area contributed by atoms with Crippen molar-refractivity contribution in [1.29, 1.82) is 0 Å². The van der Waals surface area contributed by atoms with Gasteiger partial charge in [0.25, 0.3) is 5.91 Å². The molecule has 0 radical (unpaired) electrons. The molecule has 1 amide bonds. The lowest BCUT2D eigenvalue weighted by molar-refractivity contribution is -0.120. The number of ether oxygens (including phenoxy) is 1. The first-order chi connectivity index (χ1) is 11.7. The zero-order chi connectivity index (χ0) is 18.4. The molecule has 0 saturated heterocycles. The fourth-order valence-electron chi connectivity index (χ4n) is 2.89. The van der Waals surface area contributed by atoms with Gasteiger partial charge in [0, 0.05) is 24.1 Å². The van der Waals surface area contributed by atoms with Crippen molar-refractivity contribution in [3.05, 3.63) is 29.8 Å². The van der Waals surface area contributed by atoms with E-state index >= 15 is 0 Å². The number of Topliss-reactive ketones (excluding diaryl/α,β-unsaturated/α-hetero) is 1. The van der Waals surface area contributed by atoms with E-state index in [0.717, 1.165) is 24.3 Å². The zero-order valence-electron chi connectivity index (χ0n) is 15.6. The maximum atomic E-state index is 12.2. The van der Waals surface area contributed by atoms with Crippen molar-refractivity contribution in [3.8, 4) is 5.75 Å². The topological polar surface area (TPSA) is 67.8 Å². The van der Waals surface area contributed by atoms with E-state index in [2.05, 4.69) is 24.4 Å². The third-order valence-corrected chi connectivity index (χ3v) is 4.16. The van der Waals surface area contributed by atoms with Gasteiger partial charge in [-0.1, -0.05) is 27.7 Å². The first kappa shape index (κ1) is 19.2. The number of hydrogen-bond acceptors (Lipinski definition) is 4. The van der Waals surface area contributed by atoms with Crippen LogP contribution in [0.25, 0.3) is 0 Å². The molecule has 0 aromatic heterocycles. The van der Waals surface area contributed by atoms with E-state index in [1.807, 2.05) is 13.8 Å². The fourth-order valence-corrected chi connectivity index (χ4v) is 2.89. The van der Waals surface area contributed by atoms with Gasteiger partial charge in [-0.25, -0.2) is 5.43 Å². The Morgan fingerprint density at radius 1 is 1.24 bits per heavy atom. The highest BCUT2D eigenvalue weighted by atomic mass is 16.5. The van der Waals surface area contributed by atoms with E-state index in [1.165, 1.54) is 0 Å². The molecular formula is C20H28N2O3. The molecule has 136 valence electrons. The van der Waals surface area contributed by atoms with Crippen LogP contribution in [0.3, 0.4) is 0 Å². The summed E-state index contributed by atoms with van der Waals surface area (Å²) in [5.74, 6) is 1.24. The molecule has 5 nitrogen and oxygen atoms in total. The Morgan fingerprint density at radius 2 is 1.92 bits per heavy atom. The highest BCUT2D eigenvalue weighted by Crippen LogP contribution is 2.31. The summed E-state index contributed by atoms with van der Waals surface area (Å²) in [6.45, 7) is 9.05. The lowest BCUT2D eigenvalue weighted by Crippen LogP contribution is -2.31. The standard InChI is InChI=1S/C20H28N2O3/c1-14(2)9-10-25-18-7-5-15(6-8-18)19(24)22-21-16-11-17(23)13-20(3,4)12-16/h5-8,14H,9-13H2,1-4H3,(H,22,24)/b21-16+. The minimum Gasteiger partial charge on any atom is -0.494 e. The Hall–Kier alpha value is -2.17. The second-order valence-corrected chi connectivity index (χ2v) is 7.91. The average molecular weight is 344 g/mol. The van der Waals surface area contributed by atoms with Gasteiger partial charge in [-0.05, 0) is 48.4 Å². The van der Waals surface area contributed by atoms with E-state index in [4.69, 9.17) is 4.74 Å². The van der Waals surface area contributed by atoms with Crippen molar-refractivity contribution in [2.75, 3.05) is 6.61 Å². The minimum absolute atomic E-state index is 0.0894. The van der Waals surface area contributed by atoms with Gasteiger partial charge in [-0.15, -0.1) is 0 Å². The fraction of sp³-hybridized carbons (Fsp3) is 0.550. The molecule has 2 rings (SSSR count). The molecule has 0 spiro atoms. The Bertz CT molecular complexity index is 645. The smallest absolute Gasteiger partial charge is 0.271 e. The number of nitrogens with one attached hydrogen (secondary N) is 1. The summed E-state index contributed by atoms with van der Waals surface area (Å²) < 4.78 is 5.64. The number of benzene rings is 1. The number of hydrazone groups is 1. The predicted molar refractivity (Wildman–Crippen MR) is 98.9 cm³/mol. The highest BCUT2D eigenvalue weighted by molar-refractivity contribution is 6.05. The lowest BCUT2D eigenvalue weighted by atomic mass is 9.76. The van der Waals surface area contributed by atoms with Crippen LogP contribution in [0.15, 0.2) is 29.4 Å². The van der Waals surface area contributed by atoms with Crippen molar-refractivity contribution in [1.82, 2.24) is 5.43 Å². The lowest BCUT2D eigenvalue weighted by Gasteiger charge is -2.28. The molecule has 1 saturated carbocycles. The Labute approximate surface area is 149 Å². The third kappa shape index (κ3) is 6.33. The van der Waals surface area contributed by atoms with Crippen molar-refractivity contribution in [2.45, 2.75) is 53.4 Å². The summed E-state index contributed by atoms with van der Waals surface area (Å²) in [6.07, 6.45) is 2.61. The highest BCUT2D eigenvalue weighted by Gasteiger charge is 2.30. The average Bonchev–Trinajstić information content (AvgIpc) is 2.51. The van der Waals surface area contributed by atoms with E-state index < -0.39 is 0 Å². The van der Waals surface area contributed by atoms with Crippen LogP contribution in [0.1, 0.15) is 63.7 Å². The van der Waals surface area contributed by atoms with Gasteiger partial charge in [-0.2, -0.15) is 5.10 Å². The van der Waals surface area contributed by atoms with Crippen molar-refractivity contribution < 1.29 is 14.3 Å². The molecule has 0 bridgehead atoms. The molecule has 1 aliphatic rings. The number of carbonyl (C=O) groups is 2. The van der Waals surface area contributed by atoms with Crippen LogP contribution in [-0.2, 0) is 4.79 Å². The number of nitrogens with zero attached hydrogens (tertiary/aromatic N) is 1. The van der Waals surface area contributed by atoms with E-state index in [1.54, 1.807) is 24.3 Å². The second kappa shape index (κ2) is 8.28. The van der Waals surface area contributed by atoms with Crippen LogP contribution in [0.4, 0.5) is 0 Å². The summed E-state index contributed by atoms with van der Waals surface area (Å²) in [5, 5.41) is 4.16. The van der Waals surface area contributed by atoms with Crippen LogP contribution in [0.2, 0.25) is 0 Å².